The van der Waals surface area contributed by atoms with Gasteiger partial charge in [0.25, 0.3) is 0 Å². The number of likely N-dealkylation sites (tertiary alicyclic amines) is 1. The summed E-state index contributed by atoms with van der Waals surface area (Å²) in [5, 5.41) is 7.24. The average Bonchev–Trinajstić information content (AvgIpc) is 3.07. The fourth-order valence-electron chi connectivity index (χ4n) is 3.78. The summed E-state index contributed by atoms with van der Waals surface area (Å²) in [5.74, 6) is 0.0861. The highest BCUT2D eigenvalue weighted by atomic mass is 35.5. The van der Waals surface area contributed by atoms with E-state index in [1.54, 1.807) is 6.20 Å². The van der Waals surface area contributed by atoms with Crippen molar-refractivity contribution in [3.63, 3.8) is 0 Å². The molecule has 1 saturated heterocycles. The van der Waals surface area contributed by atoms with Crippen molar-refractivity contribution in [1.29, 1.82) is 0 Å². The van der Waals surface area contributed by atoms with Crippen molar-refractivity contribution in [2.45, 2.75) is 37.9 Å². The molecule has 0 radical (unpaired) electrons. The number of carbonyl (C=O) groups is 1. The molecule has 5 nitrogen and oxygen atoms in total. The van der Waals surface area contributed by atoms with Gasteiger partial charge in [-0.05, 0) is 48.2 Å². The predicted molar refractivity (Wildman–Crippen MR) is 103 cm³/mol. The Labute approximate surface area is 158 Å². The molecule has 3 heterocycles. The lowest BCUT2D eigenvalue weighted by atomic mass is 10.0. The van der Waals surface area contributed by atoms with E-state index in [9.17, 15) is 4.79 Å². The molecule has 2 aliphatic heterocycles. The smallest absolute Gasteiger partial charge is 0.243 e. The maximum atomic E-state index is 12.6. The highest BCUT2D eigenvalue weighted by molar-refractivity contribution is 6.30. The number of hydrogen-bond acceptors (Lipinski definition) is 4. The quantitative estimate of drug-likeness (QED) is 0.868. The second-order valence-electron chi connectivity index (χ2n) is 7.12. The van der Waals surface area contributed by atoms with Gasteiger partial charge in [-0.2, -0.15) is 0 Å². The van der Waals surface area contributed by atoms with Crippen LogP contribution in [0.25, 0.3) is 0 Å². The first-order valence-corrected chi connectivity index (χ1v) is 9.52. The number of nitrogens with one attached hydrogen (secondary N) is 2. The van der Waals surface area contributed by atoms with Crippen LogP contribution >= 0.6 is 11.6 Å². The number of pyridine rings is 1. The lowest BCUT2D eigenvalue weighted by Crippen LogP contribution is -2.48. The van der Waals surface area contributed by atoms with Gasteiger partial charge in [0.2, 0.25) is 5.91 Å². The van der Waals surface area contributed by atoms with Crippen molar-refractivity contribution in [3.8, 4) is 0 Å². The third-order valence-corrected chi connectivity index (χ3v) is 5.44. The van der Waals surface area contributed by atoms with E-state index in [1.807, 2.05) is 30.5 Å². The molecule has 1 amide bonds. The maximum absolute atomic E-state index is 12.6. The van der Waals surface area contributed by atoms with Crippen LogP contribution in [0.2, 0.25) is 5.02 Å². The number of carbonyl (C=O) groups excluding carboxylic acids is 1. The Morgan fingerprint density at radius 2 is 2.15 bits per heavy atom. The Morgan fingerprint density at radius 3 is 2.92 bits per heavy atom. The summed E-state index contributed by atoms with van der Waals surface area (Å²) in [5.41, 5.74) is 3.37. The first-order chi connectivity index (χ1) is 12.7. The molecule has 0 bridgehead atoms. The fourth-order valence-corrected chi connectivity index (χ4v) is 3.97. The molecule has 6 heteroatoms. The van der Waals surface area contributed by atoms with Crippen LogP contribution in [0.5, 0.6) is 0 Å². The van der Waals surface area contributed by atoms with Gasteiger partial charge >= 0.3 is 0 Å². The second kappa shape index (κ2) is 7.64. The molecule has 0 aliphatic carbocycles. The maximum Gasteiger partial charge on any atom is 0.243 e. The van der Waals surface area contributed by atoms with Crippen molar-refractivity contribution >= 4 is 23.2 Å². The molecule has 1 atom stereocenters. The Hall–Kier alpha value is -2.11. The summed E-state index contributed by atoms with van der Waals surface area (Å²) < 4.78 is 0. The number of amides is 1. The van der Waals surface area contributed by atoms with E-state index >= 15 is 0 Å². The zero-order chi connectivity index (χ0) is 17.9. The lowest BCUT2D eigenvalue weighted by Gasteiger charge is -2.32. The molecule has 136 valence electrons. The number of anilines is 1. The molecule has 4 rings (SSSR count). The first-order valence-electron chi connectivity index (χ1n) is 9.14. The van der Waals surface area contributed by atoms with Gasteiger partial charge in [0.05, 0.1) is 0 Å². The van der Waals surface area contributed by atoms with Gasteiger partial charge in [-0.15, -0.1) is 0 Å². The minimum absolute atomic E-state index is 0.0861. The predicted octanol–water partition coefficient (Wildman–Crippen LogP) is 2.85. The number of rotatable bonds is 4. The normalized spacial score (nSPS) is 20.4. The molecule has 1 unspecified atom stereocenters. The molecule has 1 fully saturated rings. The SMILES string of the molecule is O=C(NC1CCN(Cc2cccnc2)CC1)C1Cc2cc(Cl)ccc2N1. The Morgan fingerprint density at radius 1 is 1.31 bits per heavy atom. The van der Waals surface area contributed by atoms with Gasteiger partial charge in [0, 0.05) is 55.2 Å². The zero-order valence-electron chi connectivity index (χ0n) is 14.6. The first kappa shape index (κ1) is 17.3. The Kier molecular flexibility index (Phi) is 5.09. The third kappa shape index (κ3) is 4.00. The molecule has 0 saturated carbocycles. The number of hydrogen-bond donors (Lipinski definition) is 2. The zero-order valence-corrected chi connectivity index (χ0v) is 15.4. The second-order valence-corrected chi connectivity index (χ2v) is 7.56. The van der Waals surface area contributed by atoms with Gasteiger partial charge in [-0.25, -0.2) is 0 Å². The van der Waals surface area contributed by atoms with Gasteiger partial charge in [0.1, 0.15) is 6.04 Å². The van der Waals surface area contributed by atoms with E-state index in [0.717, 1.165) is 43.7 Å². The van der Waals surface area contributed by atoms with Crippen LogP contribution < -0.4 is 10.6 Å². The van der Waals surface area contributed by atoms with Crippen molar-refractivity contribution in [2.75, 3.05) is 18.4 Å². The van der Waals surface area contributed by atoms with Crippen molar-refractivity contribution in [3.05, 3.63) is 58.9 Å². The van der Waals surface area contributed by atoms with E-state index in [0.29, 0.717) is 11.4 Å². The minimum Gasteiger partial charge on any atom is -0.373 e. The molecule has 0 spiro atoms. The van der Waals surface area contributed by atoms with Crippen molar-refractivity contribution < 1.29 is 4.79 Å². The van der Waals surface area contributed by atoms with Crippen molar-refractivity contribution in [1.82, 2.24) is 15.2 Å². The number of piperidine rings is 1. The fraction of sp³-hybridized carbons (Fsp3) is 0.400. The Balaban J connectivity index is 1.25. The van der Waals surface area contributed by atoms with E-state index in [-0.39, 0.29) is 18.0 Å². The molecule has 1 aromatic heterocycles. The Bertz CT molecular complexity index is 775. The van der Waals surface area contributed by atoms with Gasteiger partial charge in [-0.3, -0.25) is 14.7 Å². The number of halogens is 1. The van der Waals surface area contributed by atoms with Crippen LogP contribution in [-0.2, 0) is 17.8 Å². The molecular formula is C20H23ClN4O. The molecule has 26 heavy (non-hydrogen) atoms. The van der Waals surface area contributed by atoms with Gasteiger partial charge < -0.3 is 10.6 Å². The molecule has 1 aromatic carbocycles. The number of aromatic nitrogens is 1. The standard InChI is InChI=1S/C20H23ClN4O/c21-16-3-4-18-15(10-16)11-19(24-18)20(26)23-17-5-8-25(9-6-17)13-14-2-1-7-22-12-14/h1-4,7,10,12,17,19,24H,5-6,8-9,11,13H2,(H,23,26). The molecule has 2 N–H and O–H groups in total. The number of fused-ring (bicyclic) bond motifs is 1. The summed E-state index contributed by atoms with van der Waals surface area (Å²) in [6.07, 6.45) is 6.38. The average molecular weight is 371 g/mol. The minimum atomic E-state index is -0.197. The van der Waals surface area contributed by atoms with Gasteiger partial charge in [-0.1, -0.05) is 17.7 Å². The third-order valence-electron chi connectivity index (χ3n) is 5.20. The molecular weight excluding hydrogens is 348 g/mol. The summed E-state index contributed by atoms with van der Waals surface area (Å²) in [7, 11) is 0. The van der Waals surface area contributed by atoms with E-state index in [1.165, 1.54) is 5.56 Å². The van der Waals surface area contributed by atoms with Crippen LogP contribution in [0.4, 0.5) is 5.69 Å². The topological polar surface area (TPSA) is 57.3 Å². The largest absolute Gasteiger partial charge is 0.373 e. The highest BCUT2D eigenvalue weighted by Gasteiger charge is 2.29. The van der Waals surface area contributed by atoms with E-state index in [4.69, 9.17) is 11.6 Å². The number of nitrogens with zero attached hydrogens (tertiary/aromatic N) is 2. The van der Waals surface area contributed by atoms with Crippen LogP contribution in [0, 0.1) is 0 Å². The molecule has 2 aromatic rings. The van der Waals surface area contributed by atoms with Gasteiger partial charge in [0.15, 0.2) is 0 Å². The van der Waals surface area contributed by atoms with Crippen LogP contribution in [-0.4, -0.2) is 41.0 Å². The summed E-state index contributed by atoms with van der Waals surface area (Å²) in [6, 6.07) is 9.87. The van der Waals surface area contributed by atoms with Crippen LogP contribution in [0.1, 0.15) is 24.0 Å². The van der Waals surface area contributed by atoms with Crippen LogP contribution in [0.15, 0.2) is 42.7 Å². The van der Waals surface area contributed by atoms with E-state index in [2.05, 4.69) is 26.6 Å². The molecule has 2 aliphatic rings. The summed E-state index contributed by atoms with van der Waals surface area (Å²) in [6.45, 7) is 2.91. The monoisotopic (exact) mass is 370 g/mol. The number of benzene rings is 1. The highest BCUT2D eigenvalue weighted by Crippen LogP contribution is 2.28. The summed E-state index contributed by atoms with van der Waals surface area (Å²) in [4.78, 5) is 19.2. The summed E-state index contributed by atoms with van der Waals surface area (Å²) >= 11 is 6.04. The van der Waals surface area contributed by atoms with E-state index < -0.39 is 0 Å². The lowest BCUT2D eigenvalue weighted by molar-refractivity contribution is -0.122. The van der Waals surface area contributed by atoms with Crippen molar-refractivity contribution in [2.24, 2.45) is 0 Å². The van der Waals surface area contributed by atoms with Crippen LogP contribution in [0.3, 0.4) is 0 Å².